The van der Waals surface area contributed by atoms with E-state index in [1.807, 2.05) is 0 Å². The van der Waals surface area contributed by atoms with E-state index in [1.54, 1.807) is 42.5 Å². The monoisotopic (exact) mass is 603 g/mol. The number of furan rings is 1. The largest absolute Gasteiger partial charge is 0.481 e. The van der Waals surface area contributed by atoms with Crippen molar-refractivity contribution in [2.45, 2.75) is 19.0 Å². The van der Waals surface area contributed by atoms with Crippen molar-refractivity contribution in [3.05, 3.63) is 87.6 Å². The van der Waals surface area contributed by atoms with Gasteiger partial charge < -0.3 is 21.0 Å². The SMILES string of the molecule is CS(=O)(=O)N(Cc1cccc(-c2ccc3c(N)c(C(=O)c4ccc(Cl)cc4Cl)oc3c2)c1)[C@H](CC(=O)O)C(N)=O. The molecule has 0 saturated heterocycles. The lowest BCUT2D eigenvalue weighted by atomic mass is 10.0. The van der Waals surface area contributed by atoms with Gasteiger partial charge in [-0.2, -0.15) is 4.31 Å². The highest BCUT2D eigenvalue weighted by Crippen LogP contribution is 2.35. The number of ketones is 1. The molecule has 5 N–H and O–H groups in total. The smallest absolute Gasteiger partial charge is 0.305 e. The number of sulfonamides is 1. The number of aliphatic carboxylic acids is 1. The van der Waals surface area contributed by atoms with Gasteiger partial charge >= 0.3 is 5.97 Å². The summed E-state index contributed by atoms with van der Waals surface area (Å²) >= 11 is 12.1. The van der Waals surface area contributed by atoms with Gasteiger partial charge in [0.25, 0.3) is 0 Å². The van der Waals surface area contributed by atoms with Gasteiger partial charge in [0, 0.05) is 22.5 Å². The second-order valence-electron chi connectivity index (χ2n) is 9.03. The first-order chi connectivity index (χ1) is 18.8. The number of nitrogens with two attached hydrogens (primary N) is 2. The lowest BCUT2D eigenvalue weighted by molar-refractivity contribution is -0.140. The van der Waals surface area contributed by atoms with Crippen LogP contribution >= 0.6 is 23.2 Å². The predicted octanol–water partition coefficient (Wildman–Crippen LogP) is 4.31. The van der Waals surface area contributed by atoms with Crippen LogP contribution in [0.5, 0.6) is 0 Å². The summed E-state index contributed by atoms with van der Waals surface area (Å²) < 4.78 is 31.5. The maximum Gasteiger partial charge on any atom is 0.305 e. The molecule has 10 nitrogen and oxygen atoms in total. The lowest BCUT2D eigenvalue weighted by Gasteiger charge is -2.26. The van der Waals surface area contributed by atoms with Crippen LogP contribution in [0.25, 0.3) is 22.1 Å². The molecule has 1 aromatic heterocycles. The van der Waals surface area contributed by atoms with Crippen molar-refractivity contribution < 1.29 is 32.3 Å². The molecule has 0 spiro atoms. The Morgan fingerprint density at radius 3 is 2.35 bits per heavy atom. The number of primary amides is 1. The Hall–Kier alpha value is -3.90. The van der Waals surface area contributed by atoms with E-state index in [1.165, 1.54) is 18.2 Å². The van der Waals surface area contributed by atoms with Gasteiger partial charge in [0.15, 0.2) is 5.76 Å². The summed E-state index contributed by atoms with van der Waals surface area (Å²) in [6, 6.07) is 14.8. The predicted molar refractivity (Wildman–Crippen MR) is 152 cm³/mol. The third-order valence-corrected chi connectivity index (χ3v) is 7.96. The molecular weight excluding hydrogens is 581 g/mol. The summed E-state index contributed by atoms with van der Waals surface area (Å²) in [5.41, 5.74) is 14.0. The first-order valence-corrected chi connectivity index (χ1v) is 14.3. The topological polar surface area (TPSA) is 174 Å². The second-order valence-corrected chi connectivity index (χ2v) is 11.8. The molecule has 208 valence electrons. The number of hydrogen-bond donors (Lipinski definition) is 3. The summed E-state index contributed by atoms with van der Waals surface area (Å²) in [7, 11) is -4.01. The first kappa shape index (κ1) is 29.1. The summed E-state index contributed by atoms with van der Waals surface area (Å²) in [4.78, 5) is 36.3. The van der Waals surface area contributed by atoms with E-state index in [4.69, 9.17) is 44.2 Å². The molecule has 0 aliphatic heterocycles. The molecule has 0 bridgehead atoms. The quantitative estimate of drug-likeness (QED) is 0.225. The number of rotatable bonds is 10. The number of amides is 1. The van der Waals surface area contributed by atoms with E-state index >= 15 is 0 Å². The Morgan fingerprint density at radius 1 is 1.02 bits per heavy atom. The Labute approximate surface area is 239 Å². The van der Waals surface area contributed by atoms with Crippen LogP contribution in [0.4, 0.5) is 5.69 Å². The number of nitrogens with zero attached hydrogens (tertiary/aromatic N) is 1. The summed E-state index contributed by atoms with van der Waals surface area (Å²) in [6.07, 6.45) is 0.0982. The highest BCUT2D eigenvalue weighted by Gasteiger charge is 2.33. The average Bonchev–Trinajstić information content (AvgIpc) is 3.20. The molecule has 0 saturated carbocycles. The molecule has 4 aromatic rings. The Kier molecular flexibility index (Phi) is 8.22. The van der Waals surface area contributed by atoms with Crippen molar-refractivity contribution >= 4 is 67.5 Å². The molecule has 4 rings (SSSR count). The fraction of sp³-hybridized carbons (Fsp3) is 0.148. The van der Waals surface area contributed by atoms with Crippen LogP contribution in [0.3, 0.4) is 0 Å². The normalized spacial score (nSPS) is 12.5. The van der Waals surface area contributed by atoms with E-state index in [2.05, 4.69) is 0 Å². The van der Waals surface area contributed by atoms with Crippen LogP contribution in [0.15, 0.2) is 65.1 Å². The number of anilines is 1. The third kappa shape index (κ3) is 6.13. The van der Waals surface area contributed by atoms with Crippen LogP contribution in [0.2, 0.25) is 10.0 Å². The van der Waals surface area contributed by atoms with Gasteiger partial charge in [0.1, 0.15) is 11.6 Å². The van der Waals surface area contributed by atoms with Crippen LogP contribution in [-0.2, 0) is 26.2 Å². The standard InChI is InChI=1S/C27H23Cl2N3O7S/c1-40(37,38)32(21(27(31)36)12-23(33)34)13-14-3-2-4-15(9-14)16-5-7-19-22(10-16)39-26(24(19)30)25(35)18-8-6-17(28)11-20(18)29/h2-11,21H,12-13,30H2,1H3,(H2,31,36)(H,33,34)/t21-/m1/s1. The first-order valence-electron chi connectivity index (χ1n) is 11.6. The maximum atomic E-state index is 13.1. The van der Waals surface area contributed by atoms with E-state index in [0.717, 1.165) is 10.6 Å². The van der Waals surface area contributed by atoms with E-state index in [0.29, 0.717) is 32.7 Å². The maximum absolute atomic E-state index is 13.1. The molecular formula is C27H23Cl2N3O7S. The van der Waals surface area contributed by atoms with E-state index < -0.39 is 40.1 Å². The Morgan fingerprint density at radius 2 is 1.73 bits per heavy atom. The summed E-state index contributed by atoms with van der Waals surface area (Å²) in [6.45, 7) is -0.288. The minimum Gasteiger partial charge on any atom is -0.481 e. The van der Waals surface area contributed by atoms with Crippen LogP contribution < -0.4 is 11.5 Å². The molecule has 3 aromatic carbocycles. The van der Waals surface area contributed by atoms with Crippen molar-refractivity contribution in [2.75, 3.05) is 12.0 Å². The lowest BCUT2D eigenvalue weighted by Crippen LogP contribution is -2.48. The van der Waals surface area contributed by atoms with Gasteiger partial charge in [0.05, 0.1) is 23.4 Å². The number of halogens is 2. The third-order valence-electron chi connectivity index (χ3n) is 6.18. The zero-order valence-corrected chi connectivity index (χ0v) is 23.3. The molecule has 40 heavy (non-hydrogen) atoms. The van der Waals surface area contributed by atoms with Crippen molar-refractivity contribution in [2.24, 2.45) is 5.73 Å². The van der Waals surface area contributed by atoms with Gasteiger partial charge in [0.2, 0.25) is 21.7 Å². The van der Waals surface area contributed by atoms with Gasteiger partial charge in [-0.3, -0.25) is 14.4 Å². The molecule has 0 unspecified atom stereocenters. The van der Waals surface area contributed by atoms with Crippen molar-refractivity contribution in [1.82, 2.24) is 4.31 Å². The van der Waals surface area contributed by atoms with Gasteiger partial charge in [-0.1, -0.05) is 47.5 Å². The fourth-order valence-corrected chi connectivity index (χ4v) is 5.78. The Bertz CT molecular complexity index is 1770. The van der Waals surface area contributed by atoms with Crippen molar-refractivity contribution in [3.63, 3.8) is 0 Å². The Balaban J connectivity index is 1.69. The van der Waals surface area contributed by atoms with Crippen LogP contribution in [-0.4, -0.2) is 47.8 Å². The van der Waals surface area contributed by atoms with E-state index in [9.17, 15) is 22.8 Å². The minimum atomic E-state index is -4.01. The average molecular weight is 604 g/mol. The van der Waals surface area contributed by atoms with Crippen molar-refractivity contribution in [1.29, 1.82) is 0 Å². The van der Waals surface area contributed by atoms with Gasteiger partial charge in [-0.25, -0.2) is 8.42 Å². The summed E-state index contributed by atoms with van der Waals surface area (Å²) in [5.74, 6) is -3.03. The van der Waals surface area contributed by atoms with Crippen LogP contribution in [0.1, 0.15) is 28.1 Å². The number of carbonyl (C=O) groups excluding carboxylic acids is 2. The zero-order valence-electron chi connectivity index (χ0n) is 20.9. The van der Waals surface area contributed by atoms with Gasteiger partial charge in [-0.05, 0) is 53.1 Å². The summed E-state index contributed by atoms with van der Waals surface area (Å²) in [5, 5.41) is 10.2. The van der Waals surface area contributed by atoms with Gasteiger partial charge in [-0.15, -0.1) is 0 Å². The molecule has 0 aliphatic carbocycles. The number of carboxylic acid groups (broad SMARTS) is 1. The molecule has 1 amide bonds. The fourth-order valence-electron chi connectivity index (χ4n) is 4.26. The van der Waals surface area contributed by atoms with E-state index in [-0.39, 0.29) is 28.6 Å². The molecule has 1 atom stereocenters. The zero-order chi connectivity index (χ0) is 29.4. The number of hydrogen-bond acceptors (Lipinski definition) is 7. The van der Waals surface area contributed by atoms with Crippen molar-refractivity contribution in [3.8, 4) is 11.1 Å². The highest BCUT2D eigenvalue weighted by molar-refractivity contribution is 7.88. The molecule has 1 heterocycles. The van der Waals surface area contributed by atoms with Crippen LogP contribution in [0, 0.1) is 0 Å². The number of carbonyl (C=O) groups is 3. The molecule has 0 radical (unpaired) electrons. The molecule has 0 aliphatic rings. The second kappa shape index (κ2) is 11.3. The molecule has 0 fully saturated rings. The number of nitrogen functional groups attached to an aromatic ring is 1. The minimum absolute atomic E-state index is 0.0789. The number of benzene rings is 3. The number of carboxylic acids is 1. The molecule has 13 heteroatoms. The number of fused-ring (bicyclic) bond motifs is 1. The highest BCUT2D eigenvalue weighted by atomic mass is 35.5.